The van der Waals surface area contributed by atoms with Crippen LogP contribution >= 0.6 is 15.6 Å². The van der Waals surface area contributed by atoms with Crippen molar-refractivity contribution in [2.75, 3.05) is 39.6 Å². The molecule has 528 valence electrons. The van der Waals surface area contributed by atoms with E-state index in [4.69, 9.17) is 37.0 Å². The van der Waals surface area contributed by atoms with Gasteiger partial charge >= 0.3 is 39.5 Å². The van der Waals surface area contributed by atoms with E-state index >= 15 is 0 Å². The summed E-state index contributed by atoms with van der Waals surface area (Å²) in [5, 5.41) is 10.6. The van der Waals surface area contributed by atoms with Gasteiger partial charge in [-0.25, -0.2) is 9.13 Å². The van der Waals surface area contributed by atoms with Crippen LogP contribution in [0.25, 0.3) is 0 Å². The van der Waals surface area contributed by atoms with Gasteiger partial charge in [0.15, 0.2) is 12.2 Å². The monoisotopic (exact) mass is 1310 g/mol. The summed E-state index contributed by atoms with van der Waals surface area (Å²) in [6.45, 7) is 14.0. The van der Waals surface area contributed by atoms with Crippen molar-refractivity contribution in [1.29, 1.82) is 0 Å². The van der Waals surface area contributed by atoms with Crippen molar-refractivity contribution in [3.05, 3.63) is 0 Å². The van der Waals surface area contributed by atoms with Gasteiger partial charge in [0.1, 0.15) is 19.3 Å². The van der Waals surface area contributed by atoms with E-state index in [9.17, 15) is 43.2 Å². The van der Waals surface area contributed by atoms with Crippen LogP contribution in [0.15, 0.2) is 0 Å². The second-order valence-corrected chi connectivity index (χ2v) is 30.1. The summed E-state index contributed by atoms with van der Waals surface area (Å²) < 4.78 is 68.2. The van der Waals surface area contributed by atoms with Gasteiger partial charge in [0, 0.05) is 25.7 Å². The van der Waals surface area contributed by atoms with E-state index in [0.29, 0.717) is 31.6 Å². The van der Waals surface area contributed by atoms with Gasteiger partial charge in [0.25, 0.3) is 0 Å². The van der Waals surface area contributed by atoms with Crippen LogP contribution in [-0.4, -0.2) is 96.7 Å². The lowest BCUT2D eigenvalue weighted by molar-refractivity contribution is -0.161. The lowest BCUT2D eigenvalue weighted by Gasteiger charge is -2.21. The average Bonchev–Trinajstić information content (AvgIpc) is 3.64. The Kier molecular flexibility index (Phi) is 58.5. The molecule has 0 bridgehead atoms. The zero-order valence-corrected chi connectivity index (χ0v) is 59.8. The van der Waals surface area contributed by atoms with Gasteiger partial charge in [-0.3, -0.25) is 37.3 Å². The van der Waals surface area contributed by atoms with Crippen molar-refractivity contribution < 1.29 is 80.2 Å². The van der Waals surface area contributed by atoms with Crippen molar-refractivity contribution in [3.8, 4) is 0 Å². The fourth-order valence-electron chi connectivity index (χ4n) is 10.5. The number of hydrogen-bond donors (Lipinski definition) is 3. The summed E-state index contributed by atoms with van der Waals surface area (Å²) in [7, 11) is -9.90. The van der Waals surface area contributed by atoms with Crippen molar-refractivity contribution in [2.45, 2.75) is 363 Å². The Morgan fingerprint density at radius 3 is 0.697 bits per heavy atom. The molecule has 0 aromatic carbocycles. The first-order valence-corrected chi connectivity index (χ1v) is 39.2. The van der Waals surface area contributed by atoms with Crippen molar-refractivity contribution in [1.82, 2.24) is 0 Å². The number of rotatable bonds is 67. The average molecular weight is 1310 g/mol. The summed E-state index contributed by atoms with van der Waals surface area (Å²) >= 11 is 0. The molecule has 0 saturated heterocycles. The first-order valence-electron chi connectivity index (χ1n) is 36.2. The van der Waals surface area contributed by atoms with Crippen molar-refractivity contribution in [2.24, 2.45) is 23.7 Å². The maximum Gasteiger partial charge on any atom is 0.472 e. The molecule has 0 aliphatic heterocycles. The van der Waals surface area contributed by atoms with Crippen LogP contribution < -0.4 is 0 Å². The molecule has 0 aromatic rings. The summed E-state index contributed by atoms with van der Waals surface area (Å²) in [5.41, 5.74) is 0. The molecule has 3 unspecified atom stereocenters. The number of hydrogen-bond acceptors (Lipinski definition) is 15. The third-order valence-corrected chi connectivity index (χ3v) is 18.0. The van der Waals surface area contributed by atoms with Crippen LogP contribution in [0.2, 0.25) is 0 Å². The minimum absolute atomic E-state index is 0.101. The molecular weight excluding hydrogens is 1170 g/mol. The quantitative estimate of drug-likeness (QED) is 0.0222. The van der Waals surface area contributed by atoms with Gasteiger partial charge in [-0.1, -0.05) is 293 Å². The summed E-state index contributed by atoms with van der Waals surface area (Å²) in [6, 6.07) is 0. The molecule has 5 atom stereocenters. The van der Waals surface area contributed by atoms with Crippen molar-refractivity contribution >= 4 is 39.5 Å². The number of phosphoric acid groups is 2. The number of unbranched alkanes of at least 4 members (excludes halogenated alkanes) is 33. The summed E-state index contributed by atoms with van der Waals surface area (Å²) in [6.07, 6.45) is 41.9. The fraction of sp³-hybridized carbons (Fsp3) is 0.943. The zero-order valence-electron chi connectivity index (χ0n) is 58.1. The molecule has 0 fully saturated rings. The van der Waals surface area contributed by atoms with Gasteiger partial charge in [0.05, 0.1) is 26.4 Å². The van der Waals surface area contributed by atoms with Crippen molar-refractivity contribution in [3.63, 3.8) is 0 Å². The highest BCUT2D eigenvalue weighted by molar-refractivity contribution is 7.47. The largest absolute Gasteiger partial charge is 0.472 e. The summed E-state index contributed by atoms with van der Waals surface area (Å²) in [5.74, 6) is 0.801. The van der Waals surface area contributed by atoms with E-state index in [1.165, 1.54) is 148 Å². The minimum Gasteiger partial charge on any atom is -0.462 e. The van der Waals surface area contributed by atoms with Gasteiger partial charge < -0.3 is 33.8 Å². The number of phosphoric ester groups is 2. The molecule has 17 nitrogen and oxygen atoms in total. The minimum atomic E-state index is -4.95. The van der Waals surface area contributed by atoms with Gasteiger partial charge in [-0.05, 0) is 49.4 Å². The number of esters is 4. The summed E-state index contributed by atoms with van der Waals surface area (Å²) in [4.78, 5) is 72.5. The molecule has 19 heteroatoms. The van der Waals surface area contributed by atoms with Crippen LogP contribution in [0.4, 0.5) is 0 Å². The standard InChI is InChI=1S/C70H136O17P2/c1-60(2)46-38-30-22-16-13-11-9-10-12-14-18-27-36-44-52-69(74)86-65(56-80-67(72)50-42-34-25-19-15-17-23-31-39-47-61(3)4)58-84-88(76,77)82-54-64(71)55-83-89(78,79)85-59-66(87-70(75)53-45-37-29-28-33-41-49-63(7)8)57-81-68(73)51-43-35-26-21-20-24-32-40-48-62(5)6/h60-66,71H,9-59H2,1-8H3,(H,76,77)(H,78,79)/t64?,65-,66-/m1/s1. The third kappa shape index (κ3) is 64.6. The molecule has 0 aliphatic rings. The molecule has 0 amide bonds. The molecule has 0 heterocycles. The second kappa shape index (κ2) is 59.8. The molecule has 3 N–H and O–H groups in total. The lowest BCUT2D eigenvalue weighted by Crippen LogP contribution is -2.30. The van der Waals surface area contributed by atoms with E-state index < -0.39 is 97.5 Å². The van der Waals surface area contributed by atoms with Gasteiger partial charge in [-0.2, -0.15) is 0 Å². The molecule has 0 spiro atoms. The predicted octanol–water partition coefficient (Wildman–Crippen LogP) is 19.7. The normalized spacial score (nSPS) is 14.3. The van der Waals surface area contributed by atoms with Crippen LogP contribution in [0.1, 0.15) is 344 Å². The maximum atomic E-state index is 13.0. The van der Waals surface area contributed by atoms with Crippen LogP contribution in [0.5, 0.6) is 0 Å². The highest BCUT2D eigenvalue weighted by Gasteiger charge is 2.30. The Labute approximate surface area is 543 Å². The Morgan fingerprint density at radius 1 is 0.281 bits per heavy atom. The number of aliphatic hydroxyl groups is 1. The van der Waals surface area contributed by atoms with E-state index in [0.717, 1.165) is 108 Å². The van der Waals surface area contributed by atoms with Crippen LogP contribution in [-0.2, 0) is 65.4 Å². The Bertz CT molecular complexity index is 1760. The molecule has 89 heavy (non-hydrogen) atoms. The molecular formula is C70H136O17P2. The van der Waals surface area contributed by atoms with Crippen LogP contribution in [0, 0.1) is 23.7 Å². The Balaban J connectivity index is 5.23. The molecule has 0 rings (SSSR count). The van der Waals surface area contributed by atoms with E-state index in [-0.39, 0.29) is 25.7 Å². The molecule has 0 saturated carbocycles. The number of aliphatic hydroxyl groups excluding tert-OH is 1. The predicted molar refractivity (Wildman–Crippen MR) is 358 cm³/mol. The lowest BCUT2D eigenvalue weighted by atomic mass is 10.0. The molecule has 0 aromatic heterocycles. The van der Waals surface area contributed by atoms with E-state index in [1.54, 1.807) is 0 Å². The Morgan fingerprint density at radius 2 is 0.472 bits per heavy atom. The molecule has 0 aliphatic carbocycles. The Hall–Kier alpha value is -1.94. The second-order valence-electron chi connectivity index (χ2n) is 27.2. The first kappa shape index (κ1) is 87.1. The smallest absolute Gasteiger partial charge is 0.462 e. The van der Waals surface area contributed by atoms with Crippen LogP contribution in [0.3, 0.4) is 0 Å². The third-order valence-electron chi connectivity index (χ3n) is 16.1. The highest BCUT2D eigenvalue weighted by atomic mass is 31.2. The zero-order chi connectivity index (χ0) is 66.1. The SMILES string of the molecule is CC(C)CCCCCCCCCCCCCCCCC(=O)O[C@H](COC(=O)CCCCCCCCCCCC(C)C)COP(=O)(O)OCC(O)COP(=O)(O)OC[C@@H](COC(=O)CCCCCCCCCCC(C)C)OC(=O)CCCCCCCCC(C)C. The van der Waals surface area contributed by atoms with E-state index in [2.05, 4.69) is 55.4 Å². The topological polar surface area (TPSA) is 237 Å². The highest BCUT2D eigenvalue weighted by Crippen LogP contribution is 2.45. The maximum absolute atomic E-state index is 13.0. The number of ether oxygens (including phenoxy) is 4. The van der Waals surface area contributed by atoms with Gasteiger partial charge in [-0.15, -0.1) is 0 Å². The number of carbonyl (C=O) groups is 4. The first-order chi connectivity index (χ1) is 42.6. The fourth-order valence-corrected chi connectivity index (χ4v) is 12.1. The molecule has 0 radical (unpaired) electrons. The van der Waals surface area contributed by atoms with E-state index in [1.807, 2.05) is 0 Å². The van der Waals surface area contributed by atoms with Gasteiger partial charge in [0.2, 0.25) is 0 Å². The number of carbonyl (C=O) groups excluding carboxylic acids is 4.